The topological polar surface area (TPSA) is 43.1 Å². The Morgan fingerprint density at radius 1 is 1.36 bits per heavy atom. The number of nitro groups is 1. The number of nitrogens with zero attached hydrogens (tertiary/aromatic N) is 1. The fraction of sp³-hybridized carbons (Fsp3) is 0.143. The van der Waals surface area contributed by atoms with Crippen molar-refractivity contribution in [2.24, 2.45) is 0 Å². The van der Waals surface area contributed by atoms with Gasteiger partial charge in [-0.15, -0.1) is 0 Å². The summed E-state index contributed by atoms with van der Waals surface area (Å²) >= 11 is 10.9. The SMILES string of the molecule is O=[N+]([O-])c1cc(C(F)F)cc(Cl)c1Cl. The number of nitro benzene ring substituents is 1. The van der Waals surface area contributed by atoms with Crippen molar-refractivity contribution >= 4 is 28.9 Å². The molecule has 0 aliphatic heterocycles. The zero-order valence-corrected chi connectivity index (χ0v) is 8.02. The number of halogens is 4. The highest BCUT2D eigenvalue weighted by molar-refractivity contribution is 6.43. The maximum atomic E-state index is 12.2. The lowest BCUT2D eigenvalue weighted by Crippen LogP contribution is -1.93. The average Bonchev–Trinajstić information content (AvgIpc) is 2.08. The summed E-state index contributed by atoms with van der Waals surface area (Å²) in [4.78, 5) is 9.51. The molecular weight excluding hydrogens is 239 g/mol. The van der Waals surface area contributed by atoms with Gasteiger partial charge in [0.2, 0.25) is 0 Å². The summed E-state index contributed by atoms with van der Waals surface area (Å²) in [5, 5.41) is 9.78. The highest BCUT2D eigenvalue weighted by Gasteiger charge is 2.20. The van der Waals surface area contributed by atoms with Gasteiger partial charge in [-0.25, -0.2) is 8.78 Å². The fourth-order valence-electron chi connectivity index (χ4n) is 0.854. The molecule has 76 valence electrons. The minimum absolute atomic E-state index is 0.254. The van der Waals surface area contributed by atoms with Crippen LogP contribution in [-0.4, -0.2) is 4.92 Å². The van der Waals surface area contributed by atoms with Crippen molar-refractivity contribution in [2.75, 3.05) is 0 Å². The Bertz CT molecular complexity index is 384. The molecule has 0 saturated heterocycles. The molecule has 7 heteroatoms. The Morgan fingerprint density at radius 3 is 2.36 bits per heavy atom. The molecule has 0 bridgehead atoms. The molecule has 14 heavy (non-hydrogen) atoms. The van der Waals surface area contributed by atoms with E-state index in [2.05, 4.69) is 0 Å². The first-order chi connectivity index (χ1) is 6.43. The van der Waals surface area contributed by atoms with Crippen LogP contribution in [0.3, 0.4) is 0 Å². The van der Waals surface area contributed by atoms with Crippen LogP contribution in [0.5, 0.6) is 0 Å². The zero-order valence-electron chi connectivity index (χ0n) is 6.51. The molecule has 1 aromatic rings. The second-order valence-corrected chi connectivity index (χ2v) is 3.18. The first kappa shape index (κ1) is 11.1. The van der Waals surface area contributed by atoms with Crippen molar-refractivity contribution in [2.45, 2.75) is 6.43 Å². The van der Waals surface area contributed by atoms with Crippen LogP contribution >= 0.6 is 23.2 Å². The van der Waals surface area contributed by atoms with Crippen LogP contribution in [0.25, 0.3) is 0 Å². The Labute approximate surface area is 87.4 Å². The molecule has 0 saturated carbocycles. The Hall–Kier alpha value is -0.940. The summed E-state index contributed by atoms with van der Waals surface area (Å²) in [6.07, 6.45) is -2.82. The molecule has 0 heterocycles. The minimum Gasteiger partial charge on any atom is -0.258 e. The second kappa shape index (κ2) is 4.06. The van der Waals surface area contributed by atoms with E-state index in [0.717, 1.165) is 6.07 Å². The summed E-state index contributed by atoms with van der Waals surface area (Å²) in [7, 11) is 0. The number of alkyl halides is 2. The van der Waals surface area contributed by atoms with E-state index in [1.54, 1.807) is 0 Å². The molecule has 0 aliphatic carbocycles. The average molecular weight is 242 g/mol. The molecule has 0 fully saturated rings. The van der Waals surface area contributed by atoms with Crippen molar-refractivity contribution in [3.63, 3.8) is 0 Å². The van der Waals surface area contributed by atoms with Crippen LogP contribution < -0.4 is 0 Å². The molecule has 0 amide bonds. The van der Waals surface area contributed by atoms with Crippen LogP contribution in [0.1, 0.15) is 12.0 Å². The number of hydrogen-bond donors (Lipinski definition) is 0. The van der Waals surface area contributed by atoms with Gasteiger partial charge < -0.3 is 0 Å². The lowest BCUT2D eigenvalue weighted by molar-refractivity contribution is -0.384. The lowest BCUT2D eigenvalue weighted by Gasteiger charge is -2.02. The molecule has 1 rings (SSSR count). The van der Waals surface area contributed by atoms with Crippen molar-refractivity contribution in [1.82, 2.24) is 0 Å². The normalized spacial score (nSPS) is 10.6. The Morgan fingerprint density at radius 2 is 1.93 bits per heavy atom. The largest absolute Gasteiger partial charge is 0.289 e. The van der Waals surface area contributed by atoms with Gasteiger partial charge in [-0.2, -0.15) is 0 Å². The smallest absolute Gasteiger partial charge is 0.258 e. The Kier molecular flexibility index (Phi) is 3.23. The van der Waals surface area contributed by atoms with Crippen LogP contribution in [0, 0.1) is 10.1 Å². The summed E-state index contributed by atoms with van der Waals surface area (Å²) in [6.45, 7) is 0. The van der Waals surface area contributed by atoms with E-state index in [4.69, 9.17) is 23.2 Å². The first-order valence-corrected chi connectivity index (χ1v) is 4.10. The van der Waals surface area contributed by atoms with Crippen molar-refractivity contribution in [3.05, 3.63) is 37.9 Å². The number of hydrogen-bond acceptors (Lipinski definition) is 2. The molecule has 0 spiro atoms. The zero-order chi connectivity index (χ0) is 10.9. The van der Waals surface area contributed by atoms with Crippen molar-refractivity contribution in [1.29, 1.82) is 0 Å². The van der Waals surface area contributed by atoms with Gasteiger partial charge in [0.05, 0.1) is 9.95 Å². The lowest BCUT2D eigenvalue weighted by atomic mass is 10.2. The van der Waals surface area contributed by atoms with Crippen LogP contribution in [0.4, 0.5) is 14.5 Å². The van der Waals surface area contributed by atoms with Crippen molar-refractivity contribution in [3.8, 4) is 0 Å². The highest BCUT2D eigenvalue weighted by atomic mass is 35.5. The van der Waals surface area contributed by atoms with Gasteiger partial charge in [0.1, 0.15) is 5.02 Å². The van der Waals surface area contributed by atoms with E-state index >= 15 is 0 Å². The molecule has 0 atom stereocenters. The molecule has 0 radical (unpaired) electrons. The Balaban J connectivity index is 3.35. The second-order valence-electron chi connectivity index (χ2n) is 2.39. The summed E-state index contributed by atoms with van der Waals surface area (Å²) < 4.78 is 24.4. The predicted octanol–water partition coefficient (Wildman–Crippen LogP) is 3.84. The minimum atomic E-state index is -2.82. The van der Waals surface area contributed by atoms with E-state index in [1.807, 2.05) is 0 Å². The van der Waals surface area contributed by atoms with Crippen LogP contribution in [-0.2, 0) is 0 Å². The molecule has 0 aromatic heterocycles. The van der Waals surface area contributed by atoms with E-state index in [1.165, 1.54) is 0 Å². The highest BCUT2D eigenvalue weighted by Crippen LogP contribution is 2.35. The molecular formula is C7H3Cl2F2NO2. The molecule has 3 nitrogen and oxygen atoms in total. The van der Waals surface area contributed by atoms with E-state index in [9.17, 15) is 18.9 Å². The standard InChI is InChI=1S/C7H3Cl2F2NO2/c8-4-1-3(7(10)11)2-5(6(4)9)12(13)14/h1-2,7H. The molecule has 1 aromatic carbocycles. The monoisotopic (exact) mass is 241 g/mol. The maximum absolute atomic E-state index is 12.2. The molecule has 0 aliphatic rings. The first-order valence-electron chi connectivity index (χ1n) is 3.35. The van der Waals surface area contributed by atoms with Gasteiger partial charge in [0.25, 0.3) is 12.1 Å². The van der Waals surface area contributed by atoms with Gasteiger partial charge in [-0.1, -0.05) is 23.2 Å². The van der Waals surface area contributed by atoms with Crippen molar-refractivity contribution < 1.29 is 13.7 Å². The number of rotatable bonds is 2. The third-order valence-corrected chi connectivity index (χ3v) is 2.27. The quantitative estimate of drug-likeness (QED) is 0.584. The maximum Gasteiger partial charge on any atom is 0.289 e. The molecule has 0 N–H and O–H groups in total. The van der Waals surface area contributed by atoms with Gasteiger partial charge >= 0.3 is 0 Å². The third kappa shape index (κ3) is 2.10. The summed E-state index contributed by atoms with van der Waals surface area (Å²) in [5.41, 5.74) is -1.14. The summed E-state index contributed by atoms with van der Waals surface area (Å²) in [5.74, 6) is 0. The number of benzene rings is 1. The van der Waals surface area contributed by atoms with Gasteiger partial charge in [0, 0.05) is 11.6 Å². The molecule has 0 unspecified atom stereocenters. The van der Waals surface area contributed by atoms with Crippen LogP contribution in [0.2, 0.25) is 10.0 Å². The van der Waals surface area contributed by atoms with Gasteiger partial charge in [0.15, 0.2) is 0 Å². The van der Waals surface area contributed by atoms with Gasteiger partial charge in [-0.05, 0) is 6.07 Å². The van der Waals surface area contributed by atoms with E-state index in [-0.39, 0.29) is 10.0 Å². The fourth-order valence-corrected chi connectivity index (χ4v) is 1.25. The third-order valence-electron chi connectivity index (χ3n) is 1.48. The summed E-state index contributed by atoms with van der Waals surface area (Å²) in [6, 6.07) is 1.61. The van der Waals surface area contributed by atoms with Gasteiger partial charge in [-0.3, -0.25) is 10.1 Å². The predicted molar refractivity (Wildman–Crippen MR) is 48.1 cm³/mol. The van der Waals surface area contributed by atoms with Crippen LogP contribution in [0.15, 0.2) is 12.1 Å². The van der Waals surface area contributed by atoms with E-state index < -0.39 is 22.6 Å². The van der Waals surface area contributed by atoms with E-state index in [0.29, 0.717) is 6.07 Å².